The molecule has 0 spiro atoms. The second kappa shape index (κ2) is 6.72. The molecular formula is C12H16Cl2N2O. The summed E-state index contributed by atoms with van der Waals surface area (Å²) < 4.78 is 0. The second-order valence-electron chi connectivity index (χ2n) is 3.85. The van der Waals surface area contributed by atoms with E-state index in [0.29, 0.717) is 15.7 Å². The maximum absolute atomic E-state index is 11.5. The predicted octanol–water partition coefficient (Wildman–Crippen LogP) is 3.32. The van der Waals surface area contributed by atoms with Crippen molar-refractivity contribution >= 4 is 34.8 Å². The average Bonchev–Trinajstić information content (AvgIpc) is 2.30. The number of nitrogens with one attached hydrogen (secondary N) is 2. The van der Waals surface area contributed by atoms with E-state index in [2.05, 4.69) is 10.6 Å². The Balaban J connectivity index is 2.50. The summed E-state index contributed by atoms with van der Waals surface area (Å²) in [6, 6.07) is 5.27. The van der Waals surface area contributed by atoms with Crippen LogP contribution < -0.4 is 10.6 Å². The maximum atomic E-state index is 11.5. The Morgan fingerprint density at radius 1 is 1.41 bits per heavy atom. The van der Waals surface area contributed by atoms with E-state index in [1.807, 2.05) is 13.8 Å². The van der Waals surface area contributed by atoms with Gasteiger partial charge in [0.1, 0.15) is 0 Å². The lowest BCUT2D eigenvalue weighted by atomic mass is 10.2. The van der Waals surface area contributed by atoms with Crippen LogP contribution in [0.15, 0.2) is 18.2 Å². The maximum Gasteiger partial charge on any atom is 0.239 e. The highest BCUT2D eigenvalue weighted by molar-refractivity contribution is 6.35. The second-order valence-corrected chi connectivity index (χ2v) is 4.70. The summed E-state index contributed by atoms with van der Waals surface area (Å²) in [4.78, 5) is 11.5. The van der Waals surface area contributed by atoms with Crippen molar-refractivity contribution in [3.63, 3.8) is 0 Å². The fourth-order valence-electron chi connectivity index (χ4n) is 1.24. The molecule has 1 aromatic carbocycles. The Kier molecular flexibility index (Phi) is 5.59. The number of rotatable bonds is 5. The zero-order valence-corrected chi connectivity index (χ0v) is 11.4. The topological polar surface area (TPSA) is 41.1 Å². The van der Waals surface area contributed by atoms with Crippen LogP contribution in [0.25, 0.3) is 0 Å². The van der Waals surface area contributed by atoms with Crippen LogP contribution in [-0.2, 0) is 4.79 Å². The molecule has 0 radical (unpaired) electrons. The van der Waals surface area contributed by atoms with Crippen molar-refractivity contribution in [2.45, 2.75) is 26.3 Å². The summed E-state index contributed by atoms with van der Waals surface area (Å²) in [6.07, 6.45) is 0.906. The molecule has 1 rings (SSSR count). The van der Waals surface area contributed by atoms with Crippen LogP contribution >= 0.6 is 23.2 Å². The van der Waals surface area contributed by atoms with Crippen LogP contribution in [0.4, 0.5) is 5.69 Å². The number of carbonyl (C=O) groups is 1. The molecule has 0 heterocycles. The minimum Gasteiger partial charge on any atom is -0.375 e. The molecule has 5 heteroatoms. The predicted molar refractivity (Wildman–Crippen MR) is 72.8 cm³/mol. The normalized spacial score (nSPS) is 12.0. The number of benzene rings is 1. The lowest BCUT2D eigenvalue weighted by Gasteiger charge is -2.13. The zero-order chi connectivity index (χ0) is 12.8. The molecule has 0 fully saturated rings. The molecule has 0 saturated carbocycles. The third-order valence-corrected chi connectivity index (χ3v) is 2.95. The molecule has 0 aromatic heterocycles. The molecule has 17 heavy (non-hydrogen) atoms. The third kappa shape index (κ3) is 4.84. The minimum absolute atomic E-state index is 0.0598. The number of hydrogen-bond acceptors (Lipinski definition) is 2. The van der Waals surface area contributed by atoms with E-state index < -0.39 is 0 Å². The number of amides is 1. The molecular weight excluding hydrogens is 259 g/mol. The van der Waals surface area contributed by atoms with Gasteiger partial charge in [-0.25, -0.2) is 0 Å². The third-order valence-electron chi connectivity index (χ3n) is 2.39. The summed E-state index contributed by atoms with van der Waals surface area (Å²) in [7, 11) is 0. The monoisotopic (exact) mass is 274 g/mol. The molecule has 1 atom stereocenters. The summed E-state index contributed by atoms with van der Waals surface area (Å²) in [5, 5.41) is 6.94. The van der Waals surface area contributed by atoms with Gasteiger partial charge in [-0.05, 0) is 31.5 Å². The molecule has 3 nitrogen and oxygen atoms in total. The van der Waals surface area contributed by atoms with Crippen molar-refractivity contribution in [3.8, 4) is 0 Å². The average molecular weight is 275 g/mol. The molecule has 2 N–H and O–H groups in total. The van der Waals surface area contributed by atoms with E-state index in [-0.39, 0.29) is 18.5 Å². The van der Waals surface area contributed by atoms with E-state index in [4.69, 9.17) is 23.2 Å². The summed E-state index contributed by atoms with van der Waals surface area (Å²) in [5.41, 5.74) is 0.665. The Morgan fingerprint density at radius 3 is 2.76 bits per heavy atom. The first-order valence-corrected chi connectivity index (χ1v) is 6.26. The number of anilines is 1. The SMILES string of the molecule is CCC(C)NC(=O)CNc1cc(Cl)ccc1Cl. The minimum atomic E-state index is -0.0598. The van der Waals surface area contributed by atoms with Gasteiger partial charge in [-0.3, -0.25) is 4.79 Å². The standard InChI is InChI=1S/C12H16Cl2N2O/c1-3-8(2)16-12(17)7-15-11-6-9(13)4-5-10(11)14/h4-6,8,15H,3,7H2,1-2H3,(H,16,17). The van der Waals surface area contributed by atoms with E-state index in [1.54, 1.807) is 18.2 Å². The van der Waals surface area contributed by atoms with Gasteiger partial charge in [0.2, 0.25) is 5.91 Å². The Hall–Kier alpha value is -0.930. The van der Waals surface area contributed by atoms with Crippen LogP contribution in [0.2, 0.25) is 10.0 Å². The van der Waals surface area contributed by atoms with Crippen LogP contribution in [0, 0.1) is 0 Å². The van der Waals surface area contributed by atoms with Gasteiger partial charge >= 0.3 is 0 Å². The fraction of sp³-hybridized carbons (Fsp3) is 0.417. The van der Waals surface area contributed by atoms with E-state index >= 15 is 0 Å². The van der Waals surface area contributed by atoms with E-state index in [0.717, 1.165) is 6.42 Å². The summed E-state index contributed by atoms with van der Waals surface area (Å²) >= 11 is 11.8. The quantitative estimate of drug-likeness (QED) is 0.865. The van der Waals surface area contributed by atoms with Gasteiger partial charge in [0.05, 0.1) is 17.3 Å². The highest BCUT2D eigenvalue weighted by Gasteiger charge is 2.06. The van der Waals surface area contributed by atoms with Gasteiger partial charge in [0.25, 0.3) is 0 Å². The zero-order valence-electron chi connectivity index (χ0n) is 9.89. The molecule has 0 aliphatic carbocycles. The number of carbonyl (C=O) groups excluding carboxylic acids is 1. The summed E-state index contributed by atoms with van der Waals surface area (Å²) in [5.74, 6) is -0.0598. The van der Waals surface area contributed by atoms with E-state index in [1.165, 1.54) is 0 Å². The van der Waals surface area contributed by atoms with Crippen molar-refractivity contribution in [3.05, 3.63) is 28.2 Å². The van der Waals surface area contributed by atoms with Gasteiger partial charge in [-0.15, -0.1) is 0 Å². The van der Waals surface area contributed by atoms with Crippen molar-refractivity contribution in [1.82, 2.24) is 5.32 Å². The molecule has 1 aromatic rings. The summed E-state index contributed by atoms with van der Waals surface area (Å²) in [6.45, 7) is 4.17. The van der Waals surface area contributed by atoms with Gasteiger partial charge in [-0.2, -0.15) is 0 Å². The molecule has 0 aliphatic heterocycles. The lowest BCUT2D eigenvalue weighted by molar-refractivity contribution is -0.120. The highest BCUT2D eigenvalue weighted by Crippen LogP contribution is 2.24. The molecule has 0 bridgehead atoms. The highest BCUT2D eigenvalue weighted by atomic mass is 35.5. The van der Waals surface area contributed by atoms with Crippen molar-refractivity contribution in [2.24, 2.45) is 0 Å². The largest absolute Gasteiger partial charge is 0.375 e. The molecule has 0 saturated heterocycles. The first-order valence-electron chi connectivity index (χ1n) is 5.51. The van der Waals surface area contributed by atoms with Gasteiger partial charge < -0.3 is 10.6 Å². The molecule has 94 valence electrons. The molecule has 1 unspecified atom stereocenters. The van der Waals surface area contributed by atoms with Crippen molar-refractivity contribution in [2.75, 3.05) is 11.9 Å². The Labute approximate surface area is 111 Å². The smallest absolute Gasteiger partial charge is 0.239 e. The lowest BCUT2D eigenvalue weighted by Crippen LogP contribution is -2.36. The van der Waals surface area contributed by atoms with Crippen LogP contribution in [-0.4, -0.2) is 18.5 Å². The van der Waals surface area contributed by atoms with E-state index in [9.17, 15) is 4.79 Å². The van der Waals surface area contributed by atoms with Gasteiger partial charge in [0, 0.05) is 11.1 Å². The van der Waals surface area contributed by atoms with Crippen molar-refractivity contribution in [1.29, 1.82) is 0 Å². The number of halogens is 2. The van der Waals surface area contributed by atoms with Gasteiger partial charge in [0.15, 0.2) is 0 Å². The Morgan fingerprint density at radius 2 is 2.12 bits per heavy atom. The molecule has 0 aliphatic rings. The van der Waals surface area contributed by atoms with Crippen LogP contribution in [0.3, 0.4) is 0 Å². The fourth-order valence-corrected chi connectivity index (χ4v) is 1.59. The Bertz CT molecular complexity index is 396. The van der Waals surface area contributed by atoms with Gasteiger partial charge in [-0.1, -0.05) is 30.1 Å². The van der Waals surface area contributed by atoms with Crippen LogP contribution in [0.1, 0.15) is 20.3 Å². The molecule has 1 amide bonds. The van der Waals surface area contributed by atoms with Crippen molar-refractivity contribution < 1.29 is 4.79 Å². The number of hydrogen-bond donors (Lipinski definition) is 2. The first-order chi connectivity index (χ1) is 8.02. The first kappa shape index (κ1) is 14.1. The van der Waals surface area contributed by atoms with Crippen LogP contribution in [0.5, 0.6) is 0 Å².